The fraction of sp³-hybridized carbons (Fsp3) is 0.556. The van der Waals surface area contributed by atoms with Crippen molar-refractivity contribution in [2.24, 2.45) is 13.0 Å². The van der Waals surface area contributed by atoms with Gasteiger partial charge in [-0.15, -0.1) is 36.2 Å². The lowest BCUT2D eigenvalue weighted by atomic mass is 9.90. The van der Waals surface area contributed by atoms with E-state index in [0.29, 0.717) is 6.54 Å². The second-order valence-corrected chi connectivity index (χ2v) is 8.01. The lowest BCUT2D eigenvalue weighted by Gasteiger charge is -2.27. The summed E-state index contributed by atoms with van der Waals surface area (Å²) in [5, 5.41) is 12.9. The molecule has 0 radical (unpaired) electrons. The van der Waals surface area contributed by atoms with Crippen molar-refractivity contribution >= 4 is 42.1 Å². The van der Waals surface area contributed by atoms with Gasteiger partial charge in [-0.25, -0.2) is 0 Å². The molecule has 4 rings (SSSR count). The molecule has 9 heteroatoms. The van der Waals surface area contributed by atoms with E-state index in [1.807, 2.05) is 30.8 Å². The van der Waals surface area contributed by atoms with Crippen molar-refractivity contribution in [3.05, 3.63) is 39.8 Å². The topological polar surface area (TPSA) is 62.2 Å². The normalized spacial score (nSPS) is 21.8. The van der Waals surface area contributed by atoms with Crippen LogP contribution in [0.2, 0.25) is 0 Å². The Bertz CT molecular complexity index is 750. The van der Waals surface area contributed by atoms with Gasteiger partial charge in [-0.05, 0) is 29.0 Å². The van der Waals surface area contributed by atoms with Crippen molar-refractivity contribution in [2.75, 3.05) is 32.7 Å². The van der Waals surface area contributed by atoms with Crippen LogP contribution in [0, 0.1) is 5.92 Å². The van der Waals surface area contributed by atoms with Gasteiger partial charge in [0.1, 0.15) is 0 Å². The molecule has 0 spiro atoms. The fourth-order valence-electron chi connectivity index (χ4n) is 3.90. The number of aromatic nitrogens is 2. The Balaban J connectivity index is 0.00000131. The van der Waals surface area contributed by atoms with Crippen molar-refractivity contribution in [3.63, 3.8) is 0 Å². The summed E-state index contributed by atoms with van der Waals surface area (Å²) < 4.78 is 1.80. The first kappa shape index (κ1) is 22.2. The smallest absolute Gasteiger partial charge is 0.225 e. The van der Waals surface area contributed by atoms with Gasteiger partial charge >= 0.3 is 0 Å². The van der Waals surface area contributed by atoms with Crippen LogP contribution >= 0.6 is 36.2 Å². The van der Waals surface area contributed by atoms with Gasteiger partial charge in [0.2, 0.25) is 5.91 Å². The van der Waals surface area contributed by atoms with Crippen LogP contribution in [0.4, 0.5) is 0 Å². The van der Waals surface area contributed by atoms with Crippen LogP contribution in [-0.2, 0) is 24.8 Å². The average Bonchev–Trinajstić information content (AvgIpc) is 3.34. The molecule has 27 heavy (non-hydrogen) atoms. The summed E-state index contributed by atoms with van der Waals surface area (Å²) in [7, 11) is 1.92. The molecule has 2 aliphatic heterocycles. The van der Waals surface area contributed by atoms with Crippen molar-refractivity contribution < 1.29 is 4.79 Å². The summed E-state index contributed by atoms with van der Waals surface area (Å²) in [5.74, 6) is 0.373. The molecule has 4 heterocycles. The highest BCUT2D eigenvalue weighted by Crippen LogP contribution is 2.28. The number of aryl methyl sites for hydroxylation is 1. The van der Waals surface area contributed by atoms with Gasteiger partial charge in [-0.3, -0.25) is 14.4 Å². The van der Waals surface area contributed by atoms with E-state index in [2.05, 4.69) is 32.1 Å². The predicted molar refractivity (Wildman–Crippen MR) is 113 cm³/mol. The molecule has 0 bridgehead atoms. The van der Waals surface area contributed by atoms with Gasteiger partial charge in [0.25, 0.3) is 0 Å². The third-order valence-electron chi connectivity index (χ3n) is 5.32. The van der Waals surface area contributed by atoms with E-state index in [9.17, 15) is 4.79 Å². The zero-order chi connectivity index (χ0) is 17.2. The van der Waals surface area contributed by atoms with Gasteiger partial charge in [0, 0.05) is 63.3 Å². The highest BCUT2D eigenvalue weighted by molar-refractivity contribution is 7.10. The molecule has 2 N–H and O–H groups in total. The van der Waals surface area contributed by atoms with Crippen molar-refractivity contribution in [3.8, 4) is 0 Å². The number of amides is 1. The quantitative estimate of drug-likeness (QED) is 0.757. The first-order valence-electron chi connectivity index (χ1n) is 8.95. The second-order valence-electron chi connectivity index (χ2n) is 7.00. The predicted octanol–water partition coefficient (Wildman–Crippen LogP) is 1.80. The number of hydrogen-bond donors (Lipinski definition) is 2. The van der Waals surface area contributed by atoms with Crippen LogP contribution in [0.15, 0.2) is 23.8 Å². The summed E-state index contributed by atoms with van der Waals surface area (Å²) >= 11 is 1.86. The van der Waals surface area contributed by atoms with Gasteiger partial charge in [0.05, 0.1) is 12.1 Å². The summed E-state index contributed by atoms with van der Waals surface area (Å²) in [4.78, 5) is 16.6. The van der Waals surface area contributed by atoms with Gasteiger partial charge in [-0.2, -0.15) is 5.10 Å². The van der Waals surface area contributed by atoms with E-state index in [-0.39, 0.29) is 42.6 Å². The molecule has 0 saturated carbocycles. The number of nitrogens with one attached hydrogen (secondary N) is 2. The van der Waals surface area contributed by atoms with E-state index in [1.165, 1.54) is 10.4 Å². The van der Waals surface area contributed by atoms with Crippen LogP contribution in [0.1, 0.15) is 21.9 Å². The molecule has 1 saturated heterocycles. The minimum absolute atomic E-state index is 0. The summed E-state index contributed by atoms with van der Waals surface area (Å²) in [6, 6.07) is 2.23. The van der Waals surface area contributed by atoms with E-state index in [1.54, 1.807) is 4.68 Å². The zero-order valence-electron chi connectivity index (χ0n) is 15.4. The third kappa shape index (κ3) is 5.03. The molecule has 2 atom stereocenters. The lowest BCUT2D eigenvalue weighted by Crippen LogP contribution is -2.40. The number of thiophene rings is 1. The van der Waals surface area contributed by atoms with Crippen molar-refractivity contribution in [1.82, 2.24) is 25.3 Å². The Morgan fingerprint density at radius 2 is 2.26 bits per heavy atom. The highest BCUT2D eigenvalue weighted by atomic mass is 35.5. The molecule has 6 nitrogen and oxygen atoms in total. The molecule has 2 aromatic heterocycles. The number of fused-ring (bicyclic) bond motifs is 1. The summed E-state index contributed by atoms with van der Waals surface area (Å²) in [6.45, 7) is 5.32. The molecule has 1 fully saturated rings. The molecule has 2 aliphatic rings. The Morgan fingerprint density at radius 1 is 1.41 bits per heavy atom. The van der Waals surface area contributed by atoms with Crippen LogP contribution in [-0.4, -0.2) is 53.3 Å². The maximum absolute atomic E-state index is 12.6. The zero-order valence-corrected chi connectivity index (χ0v) is 17.8. The number of rotatable bonds is 5. The summed E-state index contributed by atoms with van der Waals surface area (Å²) in [6.07, 6.45) is 5.03. The third-order valence-corrected chi connectivity index (χ3v) is 6.34. The Hall–Kier alpha value is -1.12. The molecule has 1 amide bonds. The van der Waals surface area contributed by atoms with Crippen LogP contribution in [0.3, 0.4) is 0 Å². The van der Waals surface area contributed by atoms with Crippen LogP contribution < -0.4 is 10.6 Å². The van der Waals surface area contributed by atoms with Gasteiger partial charge in [-0.1, -0.05) is 0 Å². The monoisotopic (exact) mass is 431 g/mol. The molecular weight excluding hydrogens is 405 g/mol. The number of halogens is 2. The largest absolute Gasteiger partial charge is 0.355 e. The molecule has 0 unspecified atom stereocenters. The van der Waals surface area contributed by atoms with Gasteiger partial charge in [0.15, 0.2) is 0 Å². The standard InChI is InChI=1S/C18H25N5OS.2ClH/c1-22-11-14(8-21-22)15-9-19-10-16(15)18(24)20-4-6-23-5-2-17-13(12-23)3-7-25-17;;/h3,7-8,11,15-16,19H,2,4-6,9-10,12H2,1H3,(H,20,24);2*1H/t15-,16+;;/m1../s1. The average molecular weight is 432 g/mol. The summed E-state index contributed by atoms with van der Waals surface area (Å²) in [5.41, 5.74) is 2.60. The molecule has 0 aliphatic carbocycles. The lowest BCUT2D eigenvalue weighted by molar-refractivity contribution is -0.124. The SMILES string of the molecule is Cl.Cl.Cn1cc([C@H]2CNC[C@@H]2C(=O)NCCN2CCc3sccc3C2)cn1. The number of carbonyl (C=O) groups is 1. The maximum atomic E-state index is 12.6. The fourth-order valence-corrected chi connectivity index (χ4v) is 4.79. The highest BCUT2D eigenvalue weighted by Gasteiger charge is 2.34. The number of hydrogen-bond acceptors (Lipinski definition) is 5. The van der Waals surface area contributed by atoms with Crippen LogP contribution in [0.25, 0.3) is 0 Å². The van der Waals surface area contributed by atoms with E-state index >= 15 is 0 Å². The molecule has 150 valence electrons. The van der Waals surface area contributed by atoms with E-state index < -0.39 is 0 Å². The van der Waals surface area contributed by atoms with E-state index in [4.69, 9.17) is 0 Å². The molecule has 2 aromatic rings. The minimum Gasteiger partial charge on any atom is -0.355 e. The Labute approximate surface area is 176 Å². The van der Waals surface area contributed by atoms with Crippen LogP contribution in [0.5, 0.6) is 0 Å². The number of carbonyl (C=O) groups excluding carboxylic acids is 1. The van der Waals surface area contributed by atoms with Crippen molar-refractivity contribution in [2.45, 2.75) is 18.9 Å². The Morgan fingerprint density at radius 3 is 3.04 bits per heavy atom. The molecular formula is C18H27Cl2N5OS. The van der Waals surface area contributed by atoms with Gasteiger partial charge < -0.3 is 10.6 Å². The number of nitrogens with zero attached hydrogens (tertiary/aromatic N) is 3. The van der Waals surface area contributed by atoms with Crippen molar-refractivity contribution in [1.29, 1.82) is 0 Å². The first-order valence-corrected chi connectivity index (χ1v) is 9.83. The Kier molecular flexibility index (Phi) is 8.12. The maximum Gasteiger partial charge on any atom is 0.225 e. The van der Waals surface area contributed by atoms with E-state index in [0.717, 1.165) is 44.7 Å². The molecule has 0 aromatic carbocycles. The minimum atomic E-state index is -0.00553. The second kappa shape index (κ2) is 9.89. The first-order chi connectivity index (χ1) is 12.2.